The number of furan rings is 1. The monoisotopic (exact) mass is 564 g/mol. The van der Waals surface area contributed by atoms with Crippen molar-refractivity contribution in [3.63, 3.8) is 0 Å². The molecule has 0 aliphatic carbocycles. The average Bonchev–Trinajstić information content (AvgIpc) is 3.70. The van der Waals surface area contributed by atoms with Crippen molar-refractivity contribution in [2.45, 2.75) is 6.92 Å². The molecular weight excluding hydrogens is 544 g/mol. The Balaban J connectivity index is 1.35. The molecule has 0 unspecified atom stereocenters. The van der Waals surface area contributed by atoms with Gasteiger partial charge in [0.1, 0.15) is 11.5 Å². The summed E-state index contributed by atoms with van der Waals surface area (Å²) in [7, 11) is 0. The molecule has 1 fully saturated rings. The molecule has 0 bridgehead atoms. The van der Waals surface area contributed by atoms with Gasteiger partial charge < -0.3 is 4.42 Å². The molecular formula is C30H20N4O4S2. The Hall–Kier alpha value is -4.80. The van der Waals surface area contributed by atoms with Crippen LogP contribution < -0.4 is 4.90 Å². The lowest BCUT2D eigenvalue weighted by atomic mass is 10.1. The van der Waals surface area contributed by atoms with Gasteiger partial charge in [0.25, 0.3) is 11.6 Å². The first-order valence-corrected chi connectivity index (χ1v) is 13.9. The summed E-state index contributed by atoms with van der Waals surface area (Å²) in [6.07, 6.45) is 1.63. The normalized spacial score (nSPS) is 15.3. The number of nitrogens with zero attached hydrogens (tertiary/aromatic N) is 4. The fourth-order valence-corrected chi connectivity index (χ4v) is 5.91. The molecule has 5 aromatic rings. The predicted molar refractivity (Wildman–Crippen MR) is 160 cm³/mol. The van der Waals surface area contributed by atoms with Gasteiger partial charge >= 0.3 is 0 Å². The van der Waals surface area contributed by atoms with Crippen LogP contribution in [0.3, 0.4) is 0 Å². The highest BCUT2D eigenvalue weighted by Crippen LogP contribution is 2.39. The number of aromatic nitrogens is 1. The number of para-hydroxylation sites is 1. The number of aliphatic imine (C=N–C) groups is 1. The van der Waals surface area contributed by atoms with Gasteiger partial charge in [0, 0.05) is 23.1 Å². The first kappa shape index (κ1) is 25.5. The molecule has 8 nitrogen and oxygen atoms in total. The van der Waals surface area contributed by atoms with E-state index in [0.29, 0.717) is 38.0 Å². The maximum Gasteiger partial charge on any atom is 0.280 e. The summed E-state index contributed by atoms with van der Waals surface area (Å²) in [5, 5.41) is 14.5. The van der Waals surface area contributed by atoms with E-state index in [4.69, 9.17) is 9.41 Å². The smallest absolute Gasteiger partial charge is 0.280 e. The molecule has 0 N–H and O–H groups in total. The molecule has 3 heterocycles. The molecule has 1 aliphatic rings. The Morgan fingerprint density at radius 1 is 1.00 bits per heavy atom. The van der Waals surface area contributed by atoms with E-state index in [1.54, 1.807) is 42.2 Å². The van der Waals surface area contributed by atoms with Gasteiger partial charge in [-0.15, -0.1) is 11.3 Å². The van der Waals surface area contributed by atoms with Gasteiger partial charge in [-0.1, -0.05) is 54.6 Å². The maximum absolute atomic E-state index is 13.6. The summed E-state index contributed by atoms with van der Waals surface area (Å²) in [6.45, 7) is 1.80. The zero-order valence-electron chi connectivity index (χ0n) is 21.1. The number of aryl methyl sites for hydroxylation is 1. The predicted octanol–water partition coefficient (Wildman–Crippen LogP) is 8.10. The number of carbonyl (C=O) groups is 1. The molecule has 1 amide bonds. The average molecular weight is 565 g/mol. The Morgan fingerprint density at radius 3 is 2.50 bits per heavy atom. The molecule has 0 saturated carbocycles. The van der Waals surface area contributed by atoms with E-state index in [2.05, 4.69) is 4.98 Å². The van der Waals surface area contributed by atoms with Crippen molar-refractivity contribution in [3.05, 3.63) is 123 Å². The van der Waals surface area contributed by atoms with E-state index in [9.17, 15) is 14.9 Å². The molecule has 0 atom stereocenters. The second-order valence-corrected chi connectivity index (χ2v) is 10.7. The minimum atomic E-state index is -0.429. The van der Waals surface area contributed by atoms with Crippen molar-refractivity contribution < 1.29 is 14.1 Å². The quantitative estimate of drug-likeness (QED) is 0.117. The lowest BCUT2D eigenvalue weighted by Gasteiger charge is -2.14. The van der Waals surface area contributed by atoms with E-state index >= 15 is 0 Å². The number of hydrogen-bond donors (Lipinski definition) is 0. The number of hydrogen-bond acceptors (Lipinski definition) is 8. The molecule has 0 spiro atoms. The molecule has 3 aromatic carbocycles. The second kappa shape index (κ2) is 10.8. The Labute approximate surface area is 237 Å². The van der Waals surface area contributed by atoms with Gasteiger partial charge in [-0.25, -0.2) is 4.98 Å². The highest BCUT2D eigenvalue weighted by Gasteiger charge is 2.35. The van der Waals surface area contributed by atoms with Crippen LogP contribution in [0.1, 0.15) is 11.3 Å². The number of thioether (sulfide) groups is 1. The van der Waals surface area contributed by atoms with Gasteiger partial charge in [-0.05, 0) is 54.6 Å². The zero-order valence-corrected chi connectivity index (χ0v) is 22.7. The number of nitro groups is 1. The minimum Gasteiger partial charge on any atom is -0.456 e. The first-order chi connectivity index (χ1) is 19.5. The van der Waals surface area contributed by atoms with Crippen LogP contribution in [0.25, 0.3) is 28.7 Å². The Morgan fingerprint density at radius 2 is 1.75 bits per heavy atom. The number of nitro benzene ring substituents is 1. The van der Waals surface area contributed by atoms with Crippen LogP contribution in [0.5, 0.6) is 0 Å². The zero-order chi connectivity index (χ0) is 27.6. The molecule has 10 heteroatoms. The standard InChI is InChI=1S/C30H20N4O4S2/c1-19-12-14-23(25(16-19)34(36)37)26-15-13-22(38-26)17-27-28(35)33(21-10-6-3-7-11-21)30(40-27)32-29-31-24(18-39-29)20-8-4-2-5-9-20/h2-18H,1H3/b27-17+,32-30+. The second-order valence-electron chi connectivity index (χ2n) is 8.84. The number of rotatable bonds is 6. The summed E-state index contributed by atoms with van der Waals surface area (Å²) >= 11 is 2.61. The van der Waals surface area contributed by atoms with Crippen molar-refractivity contribution in [2.24, 2.45) is 4.99 Å². The number of anilines is 1. The van der Waals surface area contributed by atoms with Gasteiger partial charge in [0.05, 0.1) is 26.8 Å². The van der Waals surface area contributed by atoms with Crippen molar-refractivity contribution in [1.82, 2.24) is 4.98 Å². The molecule has 2 aromatic heterocycles. The van der Waals surface area contributed by atoms with E-state index in [1.807, 2.05) is 66.0 Å². The summed E-state index contributed by atoms with van der Waals surface area (Å²) in [4.78, 5) is 36.1. The lowest BCUT2D eigenvalue weighted by molar-refractivity contribution is -0.384. The third-order valence-corrected chi connectivity index (χ3v) is 7.79. The fourth-order valence-electron chi connectivity index (χ4n) is 4.20. The minimum absolute atomic E-state index is 0.0390. The van der Waals surface area contributed by atoms with E-state index in [-0.39, 0.29) is 11.6 Å². The van der Waals surface area contributed by atoms with E-state index < -0.39 is 4.92 Å². The molecule has 1 saturated heterocycles. The summed E-state index contributed by atoms with van der Waals surface area (Å²) in [5.74, 6) is 0.490. The molecule has 6 rings (SSSR count). The topological polar surface area (TPSA) is 102 Å². The lowest BCUT2D eigenvalue weighted by Crippen LogP contribution is -2.28. The third-order valence-electron chi connectivity index (χ3n) is 6.09. The van der Waals surface area contributed by atoms with Gasteiger partial charge in [0.15, 0.2) is 5.17 Å². The molecule has 196 valence electrons. The van der Waals surface area contributed by atoms with Crippen LogP contribution >= 0.6 is 23.1 Å². The van der Waals surface area contributed by atoms with Crippen LogP contribution in [-0.2, 0) is 4.79 Å². The van der Waals surface area contributed by atoms with Crippen LogP contribution in [0, 0.1) is 17.0 Å². The van der Waals surface area contributed by atoms with Crippen LogP contribution in [0.2, 0.25) is 0 Å². The number of benzene rings is 3. The Bertz CT molecular complexity index is 1790. The van der Waals surface area contributed by atoms with Crippen molar-refractivity contribution in [1.29, 1.82) is 0 Å². The number of thiazole rings is 1. The SMILES string of the molecule is Cc1ccc(-c2ccc(/C=C3/S/C(=N/c4nc(-c5ccccc5)cs4)N(c4ccccc4)C3=O)o2)c([N+](=O)[O-])c1. The number of carbonyl (C=O) groups excluding carboxylic acids is 1. The fraction of sp³-hybridized carbons (Fsp3) is 0.0333. The summed E-state index contributed by atoms with van der Waals surface area (Å²) in [5.41, 5.74) is 3.59. The van der Waals surface area contributed by atoms with Crippen LogP contribution in [-0.4, -0.2) is 21.0 Å². The van der Waals surface area contributed by atoms with E-state index in [1.165, 1.54) is 29.2 Å². The van der Waals surface area contributed by atoms with Crippen LogP contribution in [0.15, 0.2) is 111 Å². The van der Waals surface area contributed by atoms with Gasteiger partial charge in [-0.2, -0.15) is 4.99 Å². The van der Waals surface area contributed by atoms with Crippen molar-refractivity contribution in [2.75, 3.05) is 4.90 Å². The Kier molecular flexibility index (Phi) is 6.85. The molecule has 1 aliphatic heterocycles. The van der Waals surface area contributed by atoms with Gasteiger partial charge in [0.2, 0.25) is 5.13 Å². The highest BCUT2D eigenvalue weighted by atomic mass is 32.2. The number of amidine groups is 1. The van der Waals surface area contributed by atoms with Crippen LogP contribution in [0.4, 0.5) is 16.5 Å². The summed E-state index contributed by atoms with van der Waals surface area (Å²) in [6, 6.07) is 27.4. The first-order valence-electron chi connectivity index (χ1n) is 12.2. The maximum atomic E-state index is 13.6. The van der Waals surface area contributed by atoms with Gasteiger partial charge in [-0.3, -0.25) is 19.8 Å². The largest absolute Gasteiger partial charge is 0.456 e. The highest BCUT2D eigenvalue weighted by molar-refractivity contribution is 8.19. The number of amides is 1. The van der Waals surface area contributed by atoms with E-state index in [0.717, 1.165) is 16.8 Å². The third kappa shape index (κ3) is 5.09. The summed E-state index contributed by atoms with van der Waals surface area (Å²) < 4.78 is 5.94. The molecule has 0 radical (unpaired) electrons. The van der Waals surface area contributed by atoms with Crippen molar-refractivity contribution in [3.8, 4) is 22.6 Å². The molecule has 40 heavy (non-hydrogen) atoms. The van der Waals surface area contributed by atoms with Crippen molar-refractivity contribution >= 4 is 56.8 Å².